The highest BCUT2D eigenvalue weighted by Gasteiger charge is 2.14. The molecule has 0 aromatic heterocycles. The number of amides is 1. The van der Waals surface area contributed by atoms with Crippen molar-refractivity contribution in [3.05, 3.63) is 30.3 Å². The van der Waals surface area contributed by atoms with Crippen LogP contribution in [0, 0.1) is 0 Å². The van der Waals surface area contributed by atoms with Gasteiger partial charge in [0.2, 0.25) is 5.91 Å². The molecule has 1 heterocycles. The van der Waals surface area contributed by atoms with Crippen LogP contribution < -0.4 is 4.74 Å². The molecule has 1 aliphatic heterocycles. The molecule has 0 N–H and O–H groups in total. The number of hydrogen-bond donors (Lipinski definition) is 0. The number of para-hydroxylation sites is 1. The maximum Gasteiger partial charge on any atom is 0.236 e. The number of carbonyl (C=O) groups is 1. The molecule has 0 aliphatic carbocycles. The first-order valence-electron chi connectivity index (χ1n) is 8.48. The van der Waals surface area contributed by atoms with E-state index in [0.29, 0.717) is 19.7 Å². The van der Waals surface area contributed by atoms with E-state index in [-0.39, 0.29) is 18.3 Å². The van der Waals surface area contributed by atoms with Crippen molar-refractivity contribution in [3.8, 4) is 5.75 Å². The van der Waals surface area contributed by atoms with Gasteiger partial charge in [-0.1, -0.05) is 18.2 Å². The summed E-state index contributed by atoms with van der Waals surface area (Å²) in [6, 6.07) is 9.70. The van der Waals surface area contributed by atoms with Crippen molar-refractivity contribution in [1.29, 1.82) is 0 Å². The van der Waals surface area contributed by atoms with E-state index in [4.69, 9.17) is 4.74 Å². The Labute approximate surface area is 152 Å². The Hall–Kier alpha value is -1.30. The number of halogens is 1. The average Bonchev–Trinajstić information content (AvgIpc) is 3.07. The van der Waals surface area contributed by atoms with Crippen LogP contribution in [0.2, 0.25) is 0 Å². The summed E-state index contributed by atoms with van der Waals surface area (Å²) in [5.41, 5.74) is 0. The number of nitrogens with zero attached hydrogens (tertiary/aromatic N) is 3. The molecule has 1 amide bonds. The molecule has 0 spiro atoms. The predicted molar refractivity (Wildman–Crippen MR) is 100.0 cm³/mol. The van der Waals surface area contributed by atoms with Crippen molar-refractivity contribution in [2.45, 2.75) is 12.8 Å². The van der Waals surface area contributed by atoms with Gasteiger partial charge in [0, 0.05) is 20.1 Å². The number of likely N-dealkylation sites (N-methyl/N-ethyl adjacent to an activating group) is 2. The van der Waals surface area contributed by atoms with E-state index < -0.39 is 0 Å². The highest BCUT2D eigenvalue weighted by Crippen LogP contribution is 2.08. The summed E-state index contributed by atoms with van der Waals surface area (Å²) >= 11 is 0. The Morgan fingerprint density at radius 1 is 1.12 bits per heavy atom. The lowest BCUT2D eigenvalue weighted by molar-refractivity contribution is -0.131. The molecular formula is C18H30ClN3O2. The van der Waals surface area contributed by atoms with Crippen molar-refractivity contribution in [1.82, 2.24) is 14.7 Å². The summed E-state index contributed by atoms with van der Waals surface area (Å²) in [7, 11) is 3.85. The Bertz CT molecular complexity index is 467. The van der Waals surface area contributed by atoms with Crippen molar-refractivity contribution >= 4 is 18.3 Å². The molecule has 1 fully saturated rings. The van der Waals surface area contributed by atoms with E-state index in [2.05, 4.69) is 9.80 Å². The van der Waals surface area contributed by atoms with Gasteiger partial charge in [0.25, 0.3) is 0 Å². The molecule has 1 aliphatic rings. The van der Waals surface area contributed by atoms with E-state index in [1.54, 1.807) is 4.90 Å². The zero-order valence-electron chi connectivity index (χ0n) is 14.8. The molecule has 5 nitrogen and oxygen atoms in total. The van der Waals surface area contributed by atoms with Gasteiger partial charge in [0.1, 0.15) is 12.4 Å². The summed E-state index contributed by atoms with van der Waals surface area (Å²) < 4.78 is 5.63. The maximum atomic E-state index is 12.2. The van der Waals surface area contributed by atoms with E-state index in [1.807, 2.05) is 44.4 Å². The smallest absolute Gasteiger partial charge is 0.236 e. The quantitative estimate of drug-likeness (QED) is 0.678. The molecule has 2 rings (SSSR count). The second kappa shape index (κ2) is 11.3. The third-order valence-electron chi connectivity index (χ3n) is 4.27. The molecule has 0 saturated carbocycles. The summed E-state index contributed by atoms with van der Waals surface area (Å²) in [6.07, 6.45) is 2.62. The first kappa shape index (κ1) is 20.7. The molecule has 0 atom stereocenters. The summed E-state index contributed by atoms with van der Waals surface area (Å²) in [6.45, 7) is 6.01. The number of ether oxygens (including phenoxy) is 1. The number of benzene rings is 1. The van der Waals surface area contributed by atoms with Gasteiger partial charge in [-0.15, -0.1) is 12.4 Å². The van der Waals surface area contributed by atoms with Crippen LogP contribution in [0.4, 0.5) is 0 Å². The Balaban J connectivity index is 0.00000288. The molecule has 0 unspecified atom stereocenters. The number of likely N-dealkylation sites (tertiary alicyclic amines) is 1. The molecule has 136 valence electrons. The standard InChI is InChI=1S/C18H29N3O2.ClH/c1-19(12-13-21-10-6-7-11-21)16-18(22)20(2)14-15-23-17-8-4-3-5-9-17;/h3-5,8-9H,6-7,10-16H2,1-2H3;1H. The number of rotatable bonds is 9. The minimum Gasteiger partial charge on any atom is -0.492 e. The van der Waals surface area contributed by atoms with Crippen molar-refractivity contribution in [2.24, 2.45) is 0 Å². The van der Waals surface area contributed by atoms with Gasteiger partial charge in [0.15, 0.2) is 0 Å². The summed E-state index contributed by atoms with van der Waals surface area (Å²) in [5.74, 6) is 0.988. The monoisotopic (exact) mass is 355 g/mol. The Morgan fingerprint density at radius 3 is 2.46 bits per heavy atom. The largest absolute Gasteiger partial charge is 0.492 e. The second-order valence-electron chi connectivity index (χ2n) is 6.26. The topological polar surface area (TPSA) is 36.0 Å². The molecule has 1 saturated heterocycles. The van der Waals surface area contributed by atoms with E-state index >= 15 is 0 Å². The zero-order chi connectivity index (χ0) is 16.5. The van der Waals surface area contributed by atoms with Crippen LogP contribution >= 0.6 is 12.4 Å². The minimum atomic E-state index is 0. The van der Waals surface area contributed by atoms with Crippen molar-refractivity contribution in [3.63, 3.8) is 0 Å². The normalized spacial score (nSPS) is 14.5. The van der Waals surface area contributed by atoms with Gasteiger partial charge >= 0.3 is 0 Å². The molecule has 0 bridgehead atoms. The summed E-state index contributed by atoms with van der Waals surface area (Å²) in [5, 5.41) is 0. The molecule has 6 heteroatoms. The second-order valence-corrected chi connectivity index (χ2v) is 6.26. The highest BCUT2D eigenvalue weighted by molar-refractivity contribution is 5.85. The van der Waals surface area contributed by atoms with Crippen molar-refractivity contribution in [2.75, 3.05) is 60.0 Å². The van der Waals surface area contributed by atoms with Crippen LogP contribution in [0.1, 0.15) is 12.8 Å². The molecular weight excluding hydrogens is 326 g/mol. The predicted octanol–water partition coefficient (Wildman–Crippen LogP) is 1.97. The lowest BCUT2D eigenvalue weighted by Crippen LogP contribution is -2.40. The maximum absolute atomic E-state index is 12.2. The van der Waals surface area contributed by atoms with Crippen LogP contribution in [0.3, 0.4) is 0 Å². The third-order valence-corrected chi connectivity index (χ3v) is 4.27. The van der Waals surface area contributed by atoms with Crippen LogP contribution in [0.25, 0.3) is 0 Å². The van der Waals surface area contributed by atoms with Crippen LogP contribution in [0.15, 0.2) is 30.3 Å². The first-order valence-corrected chi connectivity index (χ1v) is 8.48. The lowest BCUT2D eigenvalue weighted by Gasteiger charge is -2.24. The molecule has 1 aromatic rings. The molecule has 0 radical (unpaired) electrons. The summed E-state index contributed by atoms with van der Waals surface area (Å²) in [4.78, 5) is 18.5. The van der Waals surface area contributed by atoms with Gasteiger partial charge < -0.3 is 14.5 Å². The van der Waals surface area contributed by atoms with Crippen LogP contribution in [-0.2, 0) is 4.79 Å². The lowest BCUT2D eigenvalue weighted by atomic mass is 10.3. The SMILES string of the molecule is CN(CCN1CCCC1)CC(=O)N(C)CCOc1ccccc1.Cl. The number of hydrogen-bond acceptors (Lipinski definition) is 4. The fraction of sp³-hybridized carbons (Fsp3) is 0.611. The first-order chi connectivity index (χ1) is 11.1. The molecule has 1 aromatic carbocycles. The fourth-order valence-electron chi connectivity index (χ4n) is 2.69. The van der Waals surface area contributed by atoms with Crippen LogP contribution in [0.5, 0.6) is 5.75 Å². The van der Waals surface area contributed by atoms with Gasteiger partial charge in [-0.3, -0.25) is 9.69 Å². The van der Waals surface area contributed by atoms with E-state index in [9.17, 15) is 4.79 Å². The minimum absolute atomic E-state index is 0. The average molecular weight is 356 g/mol. The fourth-order valence-corrected chi connectivity index (χ4v) is 2.69. The van der Waals surface area contributed by atoms with Gasteiger partial charge in [-0.2, -0.15) is 0 Å². The Morgan fingerprint density at radius 2 is 1.79 bits per heavy atom. The van der Waals surface area contributed by atoms with Gasteiger partial charge in [-0.25, -0.2) is 0 Å². The van der Waals surface area contributed by atoms with Crippen LogP contribution in [-0.4, -0.2) is 80.6 Å². The van der Waals surface area contributed by atoms with Crippen molar-refractivity contribution < 1.29 is 9.53 Å². The van der Waals surface area contributed by atoms with Gasteiger partial charge in [-0.05, 0) is 45.1 Å². The Kier molecular flexibility index (Phi) is 9.76. The highest BCUT2D eigenvalue weighted by atomic mass is 35.5. The van der Waals surface area contributed by atoms with E-state index in [0.717, 1.165) is 18.8 Å². The zero-order valence-corrected chi connectivity index (χ0v) is 15.6. The third kappa shape index (κ3) is 7.51. The van der Waals surface area contributed by atoms with Gasteiger partial charge in [0.05, 0.1) is 13.1 Å². The number of carbonyl (C=O) groups excluding carboxylic acids is 1. The van der Waals surface area contributed by atoms with E-state index in [1.165, 1.54) is 25.9 Å². The molecule has 24 heavy (non-hydrogen) atoms.